The summed E-state index contributed by atoms with van der Waals surface area (Å²) in [4.78, 5) is 0. The van der Waals surface area contributed by atoms with Gasteiger partial charge in [-0.25, -0.2) is 0 Å². The molecule has 0 aromatic heterocycles. The Morgan fingerprint density at radius 3 is 2.33 bits per heavy atom. The maximum absolute atomic E-state index is 5.66. The van der Waals surface area contributed by atoms with E-state index in [9.17, 15) is 0 Å². The summed E-state index contributed by atoms with van der Waals surface area (Å²) in [6, 6.07) is 19.4. The highest BCUT2D eigenvalue weighted by Gasteiger charge is 2.03. The van der Waals surface area contributed by atoms with Gasteiger partial charge in [-0.3, -0.25) is 0 Å². The molecule has 0 atom stereocenters. The molecule has 2 heteroatoms. The van der Waals surface area contributed by atoms with Crippen LogP contribution in [0.25, 0.3) is 21.5 Å². The molecule has 0 fully saturated rings. The van der Waals surface area contributed by atoms with E-state index in [1.54, 1.807) is 0 Å². The lowest BCUT2D eigenvalue weighted by atomic mass is 9.97. The summed E-state index contributed by atoms with van der Waals surface area (Å²) in [5.41, 5.74) is 7.01. The summed E-state index contributed by atoms with van der Waals surface area (Å²) in [5.74, 6) is 0. The molecule has 0 heterocycles. The highest BCUT2D eigenvalue weighted by molar-refractivity contribution is 6.08. The smallest absolute Gasteiger partial charge is 0.00365 e. The second kappa shape index (κ2) is 5.38. The van der Waals surface area contributed by atoms with E-state index < -0.39 is 0 Å². The zero-order valence-electron chi connectivity index (χ0n) is 10.1. The first kappa shape index (κ1) is 12.9. The van der Waals surface area contributed by atoms with E-state index in [4.69, 9.17) is 5.73 Å². The van der Waals surface area contributed by atoms with E-state index >= 15 is 0 Å². The lowest BCUT2D eigenvalue weighted by Crippen LogP contribution is -2.02. The van der Waals surface area contributed by atoms with Crippen LogP contribution in [0.4, 0.5) is 0 Å². The topological polar surface area (TPSA) is 26.0 Å². The summed E-state index contributed by atoms with van der Waals surface area (Å²) in [7, 11) is 0. The number of hydrogen-bond donors (Lipinski definition) is 1. The molecule has 0 aliphatic carbocycles. The average molecular weight is 258 g/mol. The van der Waals surface area contributed by atoms with Crippen LogP contribution in [-0.2, 0) is 6.42 Å². The third-order valence-electron chi connectivity index (χ3n) is 3.29. The largest absolute Gasteiger partial charge is 0.330 e. The minimum absolute atomic E-state index is 0. The van der Waals surface area contributed by atoms with E-state index in [0.29, 0.717) is 6.54 Å². The third kappa shape index (κ3) is 2.07. The Bertz CT molecular complexity index is 676. The van der Waals surface area contributed by atoms with Crippen LogP contribution in [0, 0.1) is 0 Å². The highest BCUT2D eigenvalue weighted by atomic mass is 35.5. The van der Waals surface area contributed by atoms with Crippen LogP contribution in [0.1, 0.15) is 5.56 Å². The second-order valence-corrected chi connectivity index (χ2v) is 4.34. The Balaban J connectivity index is 0.00000120. The van der Waals surface area contributed by atoms with Crippen molar-refractivity contribution in [3.8, 4) is 0 Å². The van der Waals surface area contributed by atoms with Gasteiger partial charge in [0.1, 0.15) is 0 Å². The Kier molecular flexibility index (Phi) is 3.85. The van der Waals surface area contributed by atoms with Gasteiger partial charge in [0.25, 0.3) is 0 Å². The summed E-state index contributed by atoms with van der Waals surface area (Å²) in [6.07, 6.45) is 0.940. The first-order valence-electron chi connectivity index (χ1n) is 5.99. The van der Waals surface area contributed by atoms with Crippen molar-refractivity contribution < 1.29 is 0 Å². The fraction of sp³-hybridized carbons (Fsp3) is 0.125. The zero-order valence-corrected chi connectivity index (χ0v) is 10.9. The van der Waals surface area contributed by atoms with E-state index in [1.165, 1.54) is 27.1 Å². The molecule has 3 aromatic carbocycles. The Morgan fingerprint density at radius 1 is 0.722 bits per heavy atom. The van der Waals surface area contributed by atoms with Gasteiger partial charge in [0.05, 0.1) is 0 Å². The summed E-state index contributed by atoms with van der Waals surface area (Å²) < 4.78 is 0. The molecule has 18 heavy (non-hydrogen) atoms. The number of nitrogens with two attached hydrogens (primary N) is 1. The third-order valence-corrected chi connectivity index (χ3v) is 3.29. The molecule has 0 spiro atoms. The fourth-order valence-electron chi connectivity index (χ4n) is 2.48. The standard InChI is InChI=1S/C16H15N.ClH/c17-11-10-13-5-3-7-16-14-6-2-1-4-12(14)8-9-15(13)16;/h1-9H,10-11,17H2;1H. The number of halogens is 1. The Labute approximate surface area is 113 Å². The first-order chi connectivity index (χ1) is 8.40. The van der Waals surface area contributed by atoms with E-state index in [1.807, 2.05) is 0 Å². The number of rotatable bonds is 2. The van der Waals surface area contributed by atoms with Gasteiger partial charge < -0.3 is 5.73 Å². The van der Waals surface area contributed by atoms with Crippen LogP contribution >= 0.6 is 12.4 Å². The van der Waals surface area contributed by atoms with Gasteiger partial charge in [-0.1, -0.05) is 54.6 Å². The number of fused-ring (bicyclic) bond motifs is 3. The molecule has 0 bridgehead atoms. The monoisotopic (exact) mass is 257 g/mol. The molecule has 0 saturated heterocycles. The van der Waals surface area contributed by atoms with Gasteiger partial charge in [0.15, 0.2) is 0 Å². The predicted molar refractivity (Wildman–Crippen MR) is 81.5 cm³/mol. The molecule has 0 amide bonds. The van der Waals surface area contributed by atoms with Gasteiger partial charge in [0, 0.05) is 0 Å². The molecule has 2 N–H and O–H groups in total. The van der Waals surface area contributed by atoms with Crippen molar-refractivity contribution in [1.82, 2.24) is 0 Å². The molecule has 3 rings (SSSR count). The molecule has 0 radical (unpaired) electrons. The number of benzene rings is 3. The van der Waals surface area contributed by atoms with E-state index in [-0.39, 0.29) is 12.4 Å². The van der Waals surface area contributed by atoms with Crippen LogP contribution in [0.15, 0.2) is 54.6 Å². The molecule has 0 aliphatic heterocycles. The van der Waals surface area contributed by atoms with Crippen LogP contribution < -0.4 is 5.73 Å². The van der Waals surface area contributed by atoms with Gasteiger partial charge >= 0.3 is 0 Å². The number of hydrogen-bond acceptors (Lipinski definition) is 1. The summed E-state index contributed by atoms with van der Waals surface area (Å²) in [5, 5.41) is 5.28. The van der Waals surface area contributed by atoms with Crippen LogP contribution in [0.5, 0.6) is 0 Å². The fourth-order valence-corrected chi connectivity index (χ4v) is 2.48. The predicted octanol–water partition coefficient (Wildman–Crippen LogP) is 3.92. The van der Waals surface area contributed by atoms with Gasteiger partial charge in [-0.15, -0.1) is 12.4 Å². The van der Waals surface area contributed by atoms with Crippen molar-refractivity contribution in [2.75, 3.05) is 6.54 Å². The van der Waals surface area contributed by atoms with E-state index in [2.05, 4.69) is 54.6 Å². The molecule has 3 aromatic rings. The zero-order chi connectivity index (χ0) is 11.7. The molecule has 1 nitrogen and oxygen atoms in total. The molecule has 0 unspecified atom stereocenters. The highest BCUT2D eigenvalue weighted by Crippen LogP contribution is 2.27. The van der Waals surface area contributed by atoms with Crippen molar-refractivity contribution >= 4 is 34.0 Å². The van der Waals surface area contributed by atoms with Crippen LogP contribution in [0.3, 0.4) is 0 Å². The van der Waals surface area contributed by atoms with Gasteiger partial charge in [-0.05, 0) is 40.1 Å². The van der Waals surface area contributed by atoms with Gasteiger partial charge in [-0.2, -0.15) is 0 Å². The van der Waals surface area contributed by atoms with Crippen molar-refractivity contribution in [1.29, 1.82) is 0 Å². The Hall–Kier alpha value is -1.57. The SMILES string of the molecule is Cl.NCCc1cccc2c1ccc1ccccc12. The molecule has 92 valence electrons. The maximum Gasteiger partial charge on any atom is -0.00365 e. The second-order valence-electron chi connectivity index (χ2n) is 4.34. The Morgan fingerprint density at radius 2 is 1.50 bits per heavy atom. The van der Waals surface area contributed by atoms with E-state index in [0.717, 1.165) is 6.42 Å². The average Bonchev–Trinajstić information content (AvgIpc) is 2.39. The molecule has 0 saturated carbocycles. The van der Waals surface area contributed by atoms with Gasteiger partial charge in [0.2, 0.25) is 0 Å². The quantitative estimate of drug-likeness (QED) is 0.692. The lowest BCUT2D eigenvalue weighted by molar-refractivity contribution is 0.977. The molecular weight excluding hydrogens is 242 g/mol. The van der Waals surface area contributed by atoms with Crippen molar-refractivity contribution in [2.45, 2.75) is 6.42 Å². The lowest BCUT2D eigenvalue weighted by Gasteiger charge is -2.08. The molecule has 0 aliphatic rings. The minimum atomic E-state index is 0. The van der Waals surface area contributed by atoms with Crippen LogP contribution in [-0.4, -0.2) is 6.54 Å². The molecular formula is C16H16ClN. The first-order valence-corrected chi connectivity index (χ1v) is 5.99. The maximum atomic E-state index is 5.66. The van der Waals surface area contributed by atoms with Crippen molar-refractivity contribution in [3.05, 3.63) is 60.2 Å². The normalized spacial score (nSPS) is 10.5. The van der Waals surface area contributed by atoms with Crippen molar-refractivity contribution in [3.63, 3.8) is 0 Å². The minimum Gasteiger partial charge on any atom is -0.330 e. The summed E-state index contributed by atoms with van der Waals surface area (Å²) >= 11 is 0. The van der Waals surface area contributed by atoms with Crippen LogP contribution in [0.2, 0.25) is 0 Å². The summed E-state index contributed by atoms with van der Waals surface area (Å²) in [6.45, 7) is 0.700. The van der Waals surface area contributed by atoms with Crippen molar-refractivity contribution in [2.24, 2.45) is 5.73 Å².